The molecular formula is C16H25NO3S. The molecule has 0 fully saturated rings. The second-order valence-corrected chi connectivity index (χ2v) is 7.74. The summed E-state index contributed by atoms with van der Waals surface area (Å²) in [5, 5.41) is 12.3. The molecule has 0 aliphatic rings. The van der Waals surface area contributed by atoms with Gasteiger partial charge in [0.1, 0.15) is 0 Å². The van der Waals surface area contributed by atoms with E-state index < -0.39 is 16.9 Å². The van der Waals surface area contributed by atoms with E-state index in [1.54, 1.807) is 31.2 Å². The highest BCUT2D eigenvalue weighted by atomic mass is 32.2. The molecule has 1 aromatic carbocycles. The van der Waals surface area contributed by atoms with Crippen molar-refractivity contribution in [3.05, 3.63) is 29.8 Å². The minimum absolute atomic E-state index is 0.192. The third-order valence-electron chi connectivity index (χ3n) is 3.21. The monoisotopic (exact) mass is 311 g/mol. The van der Waals surface area contributed by atoms with Gasteiger partial charge in [-0.25, -0.2) is 0 Å². The SMILES string of the molecule is CCS(=O)c1ccccc1C(=O)NCC(C)(C)CC(C)O. The number of aliphatic hydroxyl groups is 1. The van der Waals surface area contributed by atoms with Crippen molar-refractivity contribution in [1.29, 1.82) is 0 Å². The first kappa shape index (κ1) is 17.9. The van der Waals surface area contributed by atoms with E-state index in [0.717, 1.165) is 0 Å². The van der Waals surface area contributed by atoms with Gasteiger partial charge in [0.15, 0.2) is 0 Å². The van der Waals surface area contributed by atoms with Gasteiger partial charge in [-0.3, -0.25) is 9.00 Å². The molecule has 4 nitrogen and oxygen atoms in total. The van der Waals surface area contributed by atoms with E-state index >= 15 is 0 Å². The lowest BCUT2D eigenvalue weighted by Crippen LogP contribution is -2.36. The van der Waals surface area contributed by atoms with Gasteiger partial charge < -0.3 is 10.4 Å². The Kier molecular flexibility index (Phi) is 6.55. The Morgan fingerprint density at radius 2 is 2.00 bits per heavy atom. The third-order valence-corrected chi connectivity index (χ3v) is 4.59. The van der Waals surface area contributed by atoms with E-state index in [9.17, 15) is 14.1 Å². The fourth-order valence-corrected chi connectivity index (χ4v) is 3.24. The molecule has 0 spiro atoms. The van der Waals surface area contributed by atoms with Crippen LogP contribution in [0.1, 0.15) is 44.5 Å². The Morgan fingerprint density at radius 1 is 1.38 bits per heavy atom. The molecule has 0 aliphatic heterocycles. The smallest absolute Gasteiger partial charge is 0.252 e. The van der Waals surface area contributed by atoms with Gasteiger partial charge in [0.2, 0.25) is 0 Å². The molecule has 1 rings (SSSR count). The van der Waals surface area contributed by atoms with Crippen molar-refractivity contribution in [2.24, 2.45) is 5.41 Å². The lowest BCUT2D eigenvalue weighted by atomic mass is 9.87. The lowest BCUT2D eigenvalue weighted by Gasteiger charge is -2.26. The minimum atomic E-state index is -1.16. The van der Waals surface area contributed by atoms with Gasteiger partial charge >= 0.3 is 0 Å². The molecule has 0 saturated heterocycles. The van der Waals surface area contributed by atoms with Crippen LogP contribution in [0.4, 0.5) is 0 Å². The van der Waals surface area contributed by atoms with Crippen molar-refractivity contribution >= 4 is 16.7 Å². The molecule has 0 saturated carbocycles. The maximum atomic E-state index is 12.3. The molecule has 0 radical (unpaired) electrons. The van der Waals surface area contributed by atoms with Crippen LogP contribution in [0.2, 0.25) is 0 Å². The largest absolute Gasteiger partial charge is 0.393 e. The zero-order valence-corrected chi connectivity index (χ0v) is 14.0. The van der Waals surface area contributed by atoms with Crippen molar-refractivity contribution in [2.45, 2.75) is 45.1 Å². The Labute approximate surface area is 129 Å². The van der Waals surface area contributed by atoms with E-state index in [1.165, 1.54) is 0 Å². The average Bonchev–Trinajstić information content (AvgIpc) is 2.42. The van der Waals surface area contributed by atoms with Crippen LogP contribution in [-0.4, -0.2) is 33.6 Å². The van der Waals surface area contributed by atoms with E-state index in [0.29, 0.717) is 29.2 Å². The van der Waals surface area contributed by atoms with Gasteiger partial charge in [-0.05, 0) is 30.9 Å². The molecule has 21 heavy (non-hydrogen) atoms. The van der Waals surface area contributed by atoms with Crippen LogP contribution in [-0.2, 0) is 10.8 Å². The highest BCUT2D eigenvalue weighted by Crippen LogP contribution is 2.21. The second-order valence-electron chi connectivity index (χ2n) is 6.03. The third kappa shape index (κ3) is 5.59. The lowest BCUT2D eigenvalue weighted by molar-refractivity contribution is 0.0899. The summed E-state index contributed by atoms with van der Waals surface area (Å²) in [7, 11) is -1.16. The maximum absolute atomic E-state index is 12.3. The molecule has 0 aliphatic carbocycles. The normalized spacial score (nSPS) is 14.5. The van der Waals surface area contributed by atoms with Crippen LogP contribution < -0.4 is 5.32 Å². The molecule has 1 amide bonds. The summed E-state index contributed by atoms with van der Waals surface area (Å²) in [4.78, 5) is 12.9. The number of hydrogen-bond acceptors (Lipinski definition) is 3. The molecule has 2 unspecified atom stereocenters. The fourth-order valence-electron chi connectivity index (χ4n) is 2.29. The highest BCUT2D eigenvalue weighted by molar-refractivity contribution is 7.85. The van der Waals surface area contributed by atoms with E-state index in [2.05, 4.69) is 5.32 Å². The molecule has 0 heterocycles. The quantitative estimate of drug-likeness (QED) is 0.812. The standard InChI is InChI=1S/C16H25NO3S/c1-5-21(20)14-9-7-6-8-13(14)15(19)17-11-16(3,4)10-12(2)18/h6-9,12,18H,5,10-11H2,1-4H3,(H,17,19). The van der Waals surface area contributed by atoms with Gasteiger partial charge in [0, 0.05) is 12.3 Å². The summed E-state index contributed by atoms with van der Waals surface area (Å²) in [6.07, 6.45) is 0.201. The van der Waals surface area contributed by atoms with Crippen LogP contribution in [0.25, 0.3) is 0 Å². The number of aliphatic hydroxyl groups excluding tert-OH is 1. The van der Waals surface area contributed by atoms with Crippen LogP contribution in [0, 0.1) is 5.41 Å². The number of benzene rings is 1. The molecule has 0 bridgehead atoms. The zero-order chi connectivity index (χ0) is 16.0. The van der Waals surface area contributed by atoms with Gasteiger partial charge in [0.25, 0.3) is 5.91 Å². The first-order valence-corrected chi connectivity index (χ1v) is 8.52. The predicted octanol–water partition coefficient (Wildman–Crippen LogP) is 2.34. The Bertz CT molecular complexity index is 512. The number of hydrogen-bond donors (Lipinski definition) is 2. The van der Waals surface area contributed by atoms with Gasteiger partial charge in [-0.15, -0.1) is 0 Å². The van der Waals surface area contributed by atoms with Crippen molar-refractivity contribution < 1.29 is 14.1 Å². The molecule has 2 atom stereocenters. The summed E-state index contributed by atoms with van der Waals surface area (Å²) in [5.74, 6) is 0.267. The first-order valence-electron chi connectivity index (χ1n) is 7.20. The van der Waals surface area contributed by atoms with Crippen LogP contribution in [0.3, 0.4) is 0 Å². The Hall–Kier alpha value is -1.20. The van der Waals surface area contributed by atoms with Crippen LogP contribution in [0.15, 0.2) is 29.2 Å². The van der Waals surface area contributed by atoms with Gasteiger partial charge in [-0.1, -0.05) is 32.9 Å². The predicted molar refractivity (Wildman–Crippen MR) is 85.8 cm³/mol. The van der Waals surface area contributed by atoms with E-state index in [-0.39, 0.29) is 11.3 Å². The van der Waals surface area contributed by atoms with Crippen molar-refractivity contribution in [2.75, 3.05) is 12.3 Å². The van der Waals surface area contributed by atoms with Gasteiger partial charge in [-0.2, -0.15) is 0 Å². The average molecular weight is 311 g/mol. The first-order chi connectivity index (χ1) is 9.76. The summed E-state index contributed by atoms with van der Waals surface area (Å²) >= 11 is 0. The fraction of sp³-hybridized carbons (Fsp3) is 0.562. The van der Waals surface area contributed by atoms with Crippen molar-refractivity contribution in [1.82, 2.24) is 5.32 Å². The Balaban J connectivity index is 2.79. The second kappa shape index (κ2) is 7.71. The molecular weight excluding hydrogens is 286 g/mol. The number of carbonyl (C=O) groups is 1. The zero-order valence-electron chi connectivity index (χ0n) is 13.2. The van der Waals surface area contributed by atoms with E-state index in [1.807, 2.05) is 20.8 Å². The molecule has 5 heteroatoms. The summed E-state index contributed by atoms with van der Waals surface area (Å²) in [6.45, 7) is 8.02. The number of amides is 1. The van der Waals surface area contributed by atoms with Gasteiger partial charge in [0.05, 0.1) is 27.4 Å². The summed E-state index contributed by atoms with van der Waals surface area (Å²) in [6, 6.07) is 6.98. The van der Waals surface area contributed by atoms with E-state index in [4.69, 9.17) is 0 Å². The molecule has 1 aromatic rings. The van der Waals surface area contributed by atoms with Crippen LogP contribution in [0.5, 0.6) is 0 Å². The van der Waals surface area contributed by atoms with Crippen LogP contribution >= 0.6 is 0 Å². The minimum Gasteiger partial charge on any atom is -0.393 e. The number of carbonyl (C=O) groups excluding carboxylic acids is 1. The van der Waals surface area contributed by atoms with Crippen molar-refractivity contribution in [3.63, 3.8) is 0 Å². The molecule has 2 N–H and O–H groups in total. The maximum Gasteiger partial charge on any atom is 0.252 e. The Morgan fingerprint density at radius 3 is 2.57 bits per heavy atom. The molecule has 0 aromatic heterocycles. The topological polar surface area (TPSA) is 66.4 Å². The van der Waals surface area contributed by atoms with Crippen molar-refractivity contribution in [3.8, 4) is 0 Å². The number of nitrogens with one attached hydrogen (secondary N) is 1. The molecule has 118 valence electrons. The summed E-state index contributed by atoms with van der Waals surface area (Å²) < 4.78 is 12.0. The number of rotatable bonds is 7. The summed E-state index contributed by atoms with van der Waals surface area (Å²) in [5.41, 5.74) is 0.272. The highest BCUT2D eigenvalue weighted by Gasteiger charge is 2.22.